The van der Waals surface area contributed by atoms with Gasteiger partial charge in [0.15, 0.2) is 5.96 Å². The fourth-order valence-corrected chi connectivity index (χ4v) is 2.80. The van der Waals surface area contributed by atoms with Crippen LogP contribution in [0.15, 0.2) is 23.2 Å². The van der Waals surface area contributed by atoms with Crippen molar-refractivity contribution >= 4 is 35.8 Å². The predicted molar refractivity (Wildman–Crippen MR) is 115 cm³/mol. The molecule has 3 N–H and O–H groups in total. The first-order valence-electron chi connectivity index (χ1n) is 9.07. The largest absolute Gasteiger partial charge is 0.356 e. The monoisotopic (exact) mass is 476 g/mol. The normalized spacial score (nSPS) is 14.2. The lowest BCUT2D eigenvalue weighted by molar-refractivity contribution is -0.127. The van der Waals surface area contributed by atoms with Crippen molar-refractivity contribution in [3.05, 3.63) is 35.1 Å². The number of halogens is 2. The van der Waals surface area contributed by atoms with E-state index in [2.05, 4.69) is 20.9 Å². The van der Waals surface area contributed by atoms with Crippen LogP contribution in [0.3, 0.4) is 0 Å². The number of hydrogen-bond acceptors (Lipinski definition) is 2. The van der Waals surface area contributed by atoms with Crippen molar-refractivity contribution in [3.63, 3.8) is 0 Å². The maximum atomic E-state index is 13.1. The Balaban J connectivity index is 0.00000338. The summed E-state index contributed by atoms with van der Waals surface area (Å²) in [7, 11) is 1.73. The summed E-state index contributed by atoms with van der Waals surface area (Å²) in [6.07, 6.45) is 4.92. The van der Waals surface area contributed by atoms with Gasteiger partial charge < -0.3 is 16.0 Å². The van der Waals surface area contributed by atoms with Gasteiger partial charge in [-0.1, -0.05) is 12.5 Å². The molecule has 146 valence electrons. The van der Waals surface area contributed by atoms with Gasteiger partial charge in [0.1, 0.15) is 5.82 Å². The first-order chi connectivity index (χ1) is 12.1. The number of guanidine groups is 1. The third kappa shape index (κ3) is 7.47. The van der Waals surface area contributed by atoms with Crippen molar-refractivity contribution in [1.82, 2.24) is 16.0 Å². The van der Waals surface area contributed by atoms with Gasteiger partial charge in [0.25, 0.3) is 0 Å². The first-order valence-corrected chi connectivity index (χ1v) is 9.07. The number of carbonyl (C=O) groups excluding carboxylic acids is 1. The van der Waals surface area contributed by atoms with Gasteiger partial charge >= 0.3 is 0 Å². The number of aryl methyl sites for hydroxylation is 1. The molecule has 0 heterocycles. The molecule has 0 unspecified atom stereocenters. The number of rotatable bonds is 8. The zero-order chi connectivity index (χ0) is 18.1. The molecule has 0 atom stereocenters. The molecule has 0 aliphatic heterocycles. The molecule has 0 spiro atoms. The summed E-state index contributed by atoms with van der Waals surface area (Å²) in [6, 6.07) is 4.88. The van der Waals surface area contributed by atoms with Gasteiger partial charge in [-0.05, 0) is 55.9 Å². The van der Waals surface area contributed by atoms with Crippen molar-refractivity contribution in [3.8, 4) is 0 Å². The Morgan fingerprint density at radius 3 is 2.50 bits per heavy atom. The smallest absolute Gasteiger partial charge is 0.223 e. The summed E-state index contributed by atoms with van der Waals surface area (Å²) < 4.78 is 13.1. The van der Waals surface area contributed by atoms with E-state index in [9.17, 15) is 9.18 Å². The average Bonchev–Trinajstić information content (AvgIpc) is 2.53. The summed E-state index contributed by atoms with van der Waals surface area (Å²) in [6.45, 7) is 4.09. The first kappa shape index (κ1) is 22.7. The summed E-state index contributed by atoms with van der Waals surface area (Å²) in [5.74, 6) is 0.988. The van der Waals surface area contributed by atoms with Crippen LogP contribution >= 0.6 is 24.0 Å². The van der Waals surface area contributed by atoms with Crippen molar-refractivity contribution in [2.24, 2.45) is 10.9 Å². The number of hydrogen-bond donors (Lipinski definition) is 3. The quantitative estimate of drug-likeness (QED) is 0.234. The van der Waals surface area contributed by atoms with Gasteiger partial charge in [0.05, 0.1) is 0 Å². The minimum absolute atomic E-state index is 0. The standard InChI is InChI=1S/C19H29FN4O.HI/c1-14-13-17(20)8-7-15(14)9-12-24-19(21-2)23-11-4-10-22-18(25)16-5-3-6-16;/h7-8,13,16H,3-6,9-12H2,1-2H3,(H,22,25)(H2,21,23,24);1H. The van der Waals surface area contributed by atoms with Crippen LogP contribution in [-0.2, 0) is 11.2 Å². The second-order valence-electron chi connectivity index (χ2n) is 6.52. The molecule has 5 nitrogen and oxygen atoms in total. The van der Waals surface area contributed by atoms with Crippen molar-refractivity contribution in [2.75, 3.05) is 26.7 Å². The molecule has 1 amide bonds. The van der Waals surface area contributed by atoms with Crippen LogP contribution in [-0.4, -0.2) is 38.5 Å². The summed E-state index contributed by atoms with van der Waals surface area (Å²) in [5, 5.41) is 9.47. The fraction of sp³-hybridized carbons (Fsp3) is 0.579. The second kappa shape index (κ2) is 12.1. The molecule has 0 saturated heterocycles. The van der Waals surface area contributed by atoms with E-state index in [1.54, 1.807) is 13.1 Å². The van der Waals surface area contributed by atoms with E-state index in [1.165, 1.54) is 12.5 Å². The molecule has 0 bridgehead atoms. The molecule has 0 aromatic heterocycles. The van der Waals surface area contributed by atoms with E-state index in [-0.39, 0.29) is 41.6 Å². The van der Waals surface area contributed by atoms with Crippen LogP contribution in [0.2, 0.25) is 0 Å². The molecular weight excluding hydrogens is 446 g/mol. The Bertz CT molecular complexity index is 605. The van der Waals surface area contributed by atoms with Crippen molar-refractivity contribution < 1.29 is 9.18 Å². The maximum absolute atomic E-state index is 13.1. The minimum atomic E-state index is -0.198. The molecule has 1 saturated carbocycles. The number of aliphatic imine (C=N–C) groups is 1. The fourth-order valence-electron chi connectivity index (χ4n) is 2.80. The van der Waals surface area contributed by atoms with Crippen molar-refractivity contribution in [1.29, 1.82) is 0 Å². The van der Waals surface area contributed by atoms with Crippen LogP contribution in [0, 0.1) is 18.7 Å². The zero-order valence-electron chi connectivity index (χ0n) is 15.6. The van der Waals surface area contributed by atoms with Crippen LogP contribution < -0.4 is 16.0 Å². The second-order valence-corrected chi connectivity index (χ2v) is 6.52. The number of nitrogens with zero attached hydrogens (tertiary/aromatic N) is 1. The highest BCUT2D eigenvalue weighted by molar-refractivity contribution is 14.0. The van der Waals surface area contributed by atoms with Gasteiger partial charge in [0.2, 0.25) is 5.91 Å². The number of amides is 1. The SMILES string of the molecule is CN=C(NCCCNC(=O)C1CCC1)NCCc1ccc(F)cc1C.I. The lowest BCUT2D eigenvalue weighted by Crippen LogP contribution is -2.40. The molecule has 1 aliphatic carbocycles. The van der Waals surface area contributed by atoms with E-state index < -0.39 is 0 Å². The molecule has 1 fully saturated rings. The lowest BCUT2D eigenvalue weighted by atomic mass is 9.85. The Morgan fingerprint density at radius 2 is 1.88 bits per heavy atom. The summed E-state index contributed by atoms with van der Waals surface area (Å²) in [4.78, 5) is 15.9. The third-order valence-electron chi connectivity index (χ3n) is 4.64. The van der Waals surface area contributed by atoms with Crippen LogP contribution in [0.4, 0.5) is 4.39 Å². The molecule has 0 radical (unpaired) electrons. The van der Waals surface area contributed by atoms with Gasteiger partial charge in [-0.3, -0.25) is 9.79 Å². The van der Waals surface area contributed by atoms with E-state index in [4.69, 9.17) is 0 Å². The van der Waals surface area contributed by atoms with Crippen LogP contribution in [0.25, 0.3) is 0 Å². The van der Waals surface area contributed by atoms with E-state index >= 15 is 0 Å². The predicted octanol–water partition coefficient (Wildman–Crippen LogP) is 2.77. The number of benzene rings is 1. The number of carbonyl (C=O) groups is 1. The highest BCUT2D eigenvalue weighted by atomic mass is 127. The van der Waals surface area contributed by atoms with Crippen molar-refractivity contribution in [2.45, 2.75) is 39.0 Å². The third-order valence-corrected chi connectivity index (χ3v) is 4.64. The minimum Gasteiger partial charge on any atom is -0.356 e. The Labute approximate surface area is 172 Å². The van der Waals surface area contributed by atoms with Gasteiger partial charge in [-0.2, -0.15) is 0 Å². The highest BCUT2D eigenvalue weighted by Gasteiger charge is 2.24. The van der Waals surface area contributed by atoms with E-state index in [0.29, 0.717) is 6.54 Å². The van der Waals surface area contributed by atoms with Crippen LogP contribution in [0.1, 0.15) is 36.8 Å². The highest BCUT2D eigenvalue weighted by Crippen LogP contribution is 2.25. The molecule has 7 heteroatoms. The molecular formula is C19H30FIN4O. The zero-order valence-corrected chi connectivity index (χ0v) is 17.9. The summed E-state index contributed by atoms with van der Waals surface area (Å²) >= 11 is 0. The molecule has 1 aromatic carbocycles. The molecule has 2 rings (SSSR count). The molecule has 26 heavy (non-hydrogen) atoms. The Hall–Kier alpha value is -1.38. The topological polar surface area (TPSA) is 65.5 Å². The van der Waals surface area contributed by atoms with Gasteiger partial charge in [-0.25, -0.2) is 4.39 Å². The lowest BCUT2D eigenvalue weighted by Gasteiger charge is -2.24. The van der Waals surface area contributed by atoms with E-state index in [0.717, 1.165) is 55.9 Å². The Kier molecular flexibility index (Phi) is 10.5. The Morgan fingerprint density at radius 1 is 1.19 bits per heavy atom. The van der Waals surface area contributed by atoms with Gasteiger partial charge in [0, 0.05) is 32.6 Å². The van der Waals surface area contributed by atoms with Gasteiger partial charge in [-0.15, -0.1) is 24.0 Å². The maximum Gasteiger partial charge on any atom is 0.223 e. The van der Waals surface area contributed by atoms with E-state index in [1.807, 2.05) is 13.0 Å². The van der Waals surface area contributed by atoms with Crippen LogP contribution in [0.5, 0.6) is 0 Å². The average molecular weight is 476 g/mol. The molecule has 1 aliphatic rings. The number of nitrogens with one attached hydrogen (secondary N) is 3. The summed E-state index contributed by atoms with van der Waals surface area (Å²) in [5.41, 5.74) is 2.09. The molecule has 1 aromatic rings.